The Hall–Kier alpha value is -2.53. The van der Waals surface area contributed by atoms with Crippen LogP contribution in [-0.4, -0.2) is 31.7 Å². The van der Waals surface area contributed by atoms with Gasteiger partial charge < -0.3 is 4.90 Å². The number of aryl methyl sites for hydroxylation is 2. The van der Waals surface area contributed by atoms with Crippen LogP contribution in [0.15, 0.2) is 28.5 Å². The van der Waals surface area contributed by atoms with Gasteiger partial charge in [-0.1, -0.05) is 17.7 Å². The molecule has 4 rings (SSSR count). The fraction of sp³-hybridized carbons (Fsp3) is 0.318. The van der Waals surface area contributed by atoms with Crippen molar-refractivity contribution in [3.8, 4) is 11.3 Å². The molecule has 0 amide bonds. The van der Waals surface area contributed by atoms with E-state index >= 15 is 0 Å². The van der Waals surface area contributed by atoms with Gasteiger partial charge in [-0.05, 0) is 38.3 Å². The van der Waals surface area contributed by atoms with Gasteiger partial charge in [-0.25, -0.2) is 35.4 Å². The number of nitrogens with zero attached hydrogens (tertiary/aromatic N) is 2. The van der Waals surface area contributed by atoms with Crippen LogP contribution in [0.2, 0.25) is 0 Å². The number of hydrogen-bond acceptors (Lipinski definition) is 5. The smallest absolute Gasteiger partial charge is 0.200 e. The van der Waals surface area contributed by atoms with Crippen LogP contribution in [0.5, 0.6) is 0 Å². The minimum absolute atomic E-state index is 0.0415. The summed E-state index contributed by atoms with van der Waals surface area (Å²) < 4.78 is 94.1. The molecule has 0 saturated carbocycles. The first-order valence-electron chi connectivity index (χ1n) is 10.1. The molecule has 11 heteroatoms. The molecule has 1 fully saturated rings. The van der Waals surface area contributed by atoms with Crippen LogP contribution in [0, 0.1) is 42.9 Å². The molecule has 0 spiro atoms. The highest BCUT2D eigenvalue weighted by Gasteiger charge is 2.39. The van der Waals surface area contributed by atoms with E-state index < -0.39 is 49.1 Å². The number of aromatic nitrogens is 1. The summed E-state index contributed by atoms with van der Waals surface area (Å²) in [5.41, 5.74) is 3.92. The first-order valence-corrected chi connectivity index (χ1v) is 12.5. The third-order valence-electron chi connectivity index (χ3n) is 5.77. The van der Waals surface area contributed by atoms with Gasteiger partial charge in [-0.3, -0.25) is 0 Å². The quantitative estimate of drug-likeness (QED) is 0.203. The summed E-state index contributed by atoms with van der Waals surface area (Å²) in [4.78, 5) is 4.74. The van der Waals surface area contributed by atoms with E-state index in [0.29, 0.717) is 5.13 Å². The monoisotopic (exact) mass is 502 g/mol. The summed E-state index contributed by atoms with van der Waals surface area (Å²) in [6.45, 7) is 4.37. The number of thiazole rings is 1. The highest BCUT2D eigenvalue weighted by Crippen LogP contribution is 2.35. The molecular formula is C22H19F5N2O2S2. The van der Waals surface area contributed by atoms with E-state index in [-0.39, 0.29) is 25.9 Å². The third kappa shape index (κ3) is 4.12. The van der Waals surface area contributed by atoms with Gasteiger partial charge in [-0.2, -0.15) is 0 Å². The molecular weight excluding hydrogens is 483 g/mol. The second-order valence-electron chi connectivity index (χ2n) is 7.96. The van der Waals surface area contributed by atoms with Crippen LogP contribution in [0.4, 0.5) is 27.1 Å². The molecule has 1 aliphatic rings. The molecule has 2 heterocycles. The van der Waals surface area contributed by atoms with E-state index in [0.717, 1.165) is 22.4 Å². The second kappa shape index (κ2) is 8.68. The van der Waals surface area contributed by atoms with Crippen LogP contribution < -0.4 is 4.90 Å². The molecule has 0 atom stereocenters. The van der Waals surface area contributed by atoms with Crippen molar-refractivity contribution in [3.05, 3.63) is 63.8 Å². The first-order chi connectivity index (χ1) is 15.5. The third-order valence-corrected chi connectivity index (χ3v) is 8.94. The summed E-state index contributed by atoms with van der Waals surface area (Å²) >= 11 is 1.39. The normalized spacial score (nSPS) is 15.3. The van der Waals surface area contributed by atoms with E-state index in [4.69, 9.17) is 0 Å². The fourth-order valence-electron chi connectivity index (χ4n) is 3.90. The summed E-state index contributed by atoms with van der Waals surface area (Å²) in [7, 11) is -4.78. The van der Waals surface area contributed by atoms with Crippen molar-refractivity contribution in [1.29, 1.82) is 0 Å². The minimum atomic E-state index is -4.78. The molecule has 176 valence electrons. The molecule has 0 unspecified atom stereocenters. The zero-order valence-corrected chi connectivity index (χ0v) is 19.3. The molecule has 3 aromatic rings. The molecule has 1 aliphatic heterocycles. The number of rotatable bonds is 4. The summed E-state index contributed by atoms with van der Waals surface area (Å²) in [6, 6.07) is 6.03. The lowest BCUT2D eigenvalue weighted by atomic mass is 10.0. The van der Waals surface area contributed by atoms with Crippen molar-refractivity contribution in [2.24, 2.45) is 0 Å². The SMILES string of the molecule is Cc1ccc(C)c(-c2csc(N3CCC(S(=O)(=O)c4c(F)c(F)c(F)c(F)c4F)CC3)n2)c1. The Kier molecular flexibility index (Phi) is 6.21. The van der Waals surface area contributed by atoms with Gasteiger partial charge in [0.05, 0.1) is 10.9 Å². The number of anilines is 1. The maximum absolute atomic E-state index is 14.1. The number of benzene rings is 2. The number of sulfone groups is 1. The van der Waals surface area contributed by atoms with Gasteiger partial charge in [0, 0.05) is 24.0 Å². The average molecular weight is 503 g/mol. The van der Waals surface area contributed by atoms with Gasteiger partial charge in [-0.15, -0.1) is 11.3 Å². The van der Waals surface area contributed by atoms with Gasteiger partial charge >= 0.3 is 0 Å². The van der Waals surface area contributed by atoms with Gasteiger partial charge in [0.2, 0.25) is 5.82 Å². The van der Waals surface area contributed by atoms with Gasteiger partial charge in [0.15, 0.2) is 38.2 Å². The molecule has 0 radical (unpaired) electrons. The number of hydrogen-bond donors (Lipinski definition) is 0. The zero-order chi connectivity index (χ0) is 24.1. The van der Waals surface area contributed by atoms with E-state index in [9.17, 15) is 30.4 Å². The van der Waals surface area contributed by atoms with Crippen LogP contribution in [0.3, 0.4) is 0 Å². The lowest BCUT2D eigenvalue weighted by Gasteiger charge is -2.31. The van der Waals surface area contributed by atoms with E-state index in [1.165, 1.54) is 11.3 Å². The first kappa shape index (κ1) is 23.6. The summed E-state index contributed by atoms with van der Waals surface area (Å²) in [6.07, 6.45) is -0.0829. The van der Waals surface area contributed by atoms with Crippen LogP contribution in [-0.2, 0) is 9.84 Å². The predicted molar refractivity (Wildman–Crippen MR) is 116 cm³/mol. The summed E-state index contributed by atoms with van der Waals surface area (Å²) in [5, 5.41) is 1.29. The van der Waals surface area contributed by atoms with Gasteiger partial charge in [0.25, 0.3) is 0 Å². The van der Waals surface area contributed by atoms with Crippen molar-refractivity contribution in [2.75, 3.05) is 18.0 Å². The maximum atomic E-state index is 14.1. The molecule has 33 heavy (non-hydrogen) atoms. The fourth-order valence-corrected chi connectivity index (χ4v) is 6.63. The molecule has 2 aromatic carbocycles. The molecule has 1 aromatic heterocycles. The molecule has 0 aliphatic carbocycles. The van der Waals surface area contributed by atoms with E-state index in [2.05, 4.69) is 4.98 Å². The number of halogens is 5. The number of piperidine rings is 1. The zero-order valence-electron chi connectivity index (χ0n) is 17.6. The van der Waals surface area contributed by atoms with E-state index in [1.807, 2.05) is 42.3 Å². The Morgan fingerprint density at radius 2 is 1.52 bits per heavy atom. The summed E-state index contributed by atoms with van der Waals surface area (Å²) in [5.74, 6) is -11.6. The standard InChI is InChI=1S/C22H19F5N2O2S2/c1-11-3-4-12(2)14(9-11)15-10-32-22(28-15)29-7-5-13(6-8-29)33(30,31)21-19(26)17(24)16(23)18(25)20(21)27/h3-4,9-10,13H,5-8H2,1-2H3. The van der Waals surface area contributed by atoms with Crippen molar-refractivity contribution in [2.45, 2.75) is 36.8 Å². The highest BCUT2D eigenvalue weighted by atomic mass is 32.2. The van der Waals surface area contributed by atoms with Crippen molar-refractivity contribution < 1.29 is 30.4 Å². The Bertz CT molecular complexity index is 1300. The second-order valence-corrected chi connectivity index (χ2v) is 11.0. The van der Waals surface area contributed by atoms with Crippen LogP contribution in [0.25, 0.3) is 11.3 Å². The van der Waals surface area contributed by atoms with Crippen molar-refractivity contribution >= 4 is 26.3 Å². The molecule has 4 nitrogen and oxygen atoms in total. The Labute approximate surface area is 191 Å². The highest BCUT2D eigenvalue weighted by molar-refractivity contribution is 7.92. The Morgan fingerprint density at radius 1 is 0.939 bits per heavy atom. The van der Waals surface area contributed by atoms with Crippen LogP contribution >= 0.6 is 11.3 Å². The maximum Gasteiger partial charge on any atom is 0.200 e. The molecule has 0 N–H and O–H groups in total. The van der Waals surface area contributed by atoms with Gasteiger partial charge in [0.1, 0.15) is 4.90 Å². The molecule has 0 bridgehead atoms. The minimum Gasteiger partial charge on any atom is -0.348 e. The topological polar surface area (TPSA) is 50.3 Å². The lowest BCUT2D eigenvalue weighted by Crippen LogP contribution is -2.40. The van der Waals surface area contributed by atoms with Crippen molar-refractivity contribution in [1.82, 2.24) is 4.98 Å². The average Bonchev–Trinajstić information content (AvgIpc) is 3.28. The predicted octanol–water partition coefficient (Wildman–Crippen LogP) is 5.57. The lowest BCUT2D eigenvalue weighted by molar-refractivity contribution is 0.356. The Morgan fingerprint density at radius 3 is 2.12 bits per heavy atom. The van der Waals surface area contributed by atoms with Crippen molar-refractivity contribution in [3.63, 3.8) is 0 Å². The van der Waals surface area contributed by atoms with Crippen LogP contribution in [0.1, 0.15) is 24.0 Å². The largest absolute Gasteiger partial charge is 0.348 e. The molecule has 1 saturated heterocycles. The Balaban J connectivity index is 1.55. The van der Waals surface area contributed by atoms with E-state index in [1.54, 1.807) is 0 Å².